The van der Waals surface area contributed by atoms with Crippen molar-refractivity contribution in [1.29, 1.82) is 0 Å². The van der Waals surface area contributed by atoms with E-state index in [0.29, 0.717) is 19.3 Å². The third-order valence-corrected chi connectivity index (χ3v) is 14.4. The second-order valence-electron chi connectivity index (χ2n) is 20.8. The molecule has 442 valence electrons. The average molecular weight is 1090 g/mol. The average Bonchev–Trinajstić information content (AvgIpc) is 3.41. The van der Waals surface area contributed by atoms with Crippen LogP contribution in [0.3, 0.4) is 0 Å². The fraction of sp³-hybridized carbons (Fsp3) is 0.797. The summed E-state index contributed by atoms with van der Waals surface area (Å²) in [6.07, 6.45) is 64.6. The highest BCUT2D eigenvalue weighted by Gasteiger charge is 2.28. The molecule has 0 rings (SSSR count). The molecule has 0 radical (unpaired) electrons. The van der Waals surface area contributed by atoms with Gasteiger partial charge in [-0.05, 0) is 83.5 Å². The van der Waals surface area contributed by atoms with Gasteiger partial charge in [0, 0.05) is 19.3 Å². The first-order chi connectivity index (χ1) is 37.2. The van der Waals surface area contributed by atoms with Gasteiger partial charge in [-0.25, -0.2) is 4.57 Å². The zero-order chi connectivity index (χ0) is 55.5. The van der Waals surface area contributed by atoms with Crippen LogP contribution in [0.4, 0.5) is 0 Å². The summed E-state index contributed by atoms with van der Waals surface area (Å²) >= 11 is 0. The number of esters is 3. The highest BCUT2D eigenvalue weighted by Crippen LogP contribution is 2.43. The van der Waals surface area contributed by atoms with Gasteiger partial charge in [-0.3, -0.25) is 23.4 Å². The summed E-state index contributed by atoms with van der Waals surface area (Å²) in [5, 5.41) is 9.81. The molecule has 0 aliphatic rings. The lowest BCUT2D eigenvalue weighted by molar-refractivity contribution is -0.161. The van der Waals surface area contributed by atoms with Crippen molar-refractivity contribution in [3.05, 3.63) is 60.8 Å². The molecular weight excluding hydrogens is 976 g/mol. The van der Waals surface area contributed by atoms with E-state index in [2.05, 4.69) is 81.5 Å². The highest BCUT2D eigenvalue weighted by atomic mass is 31.2. The second-order valence-corrected chi connectivity index (χ2v) is 22.3. The third-order valence-electron chi connectivity index (χ3n) is 13.4. The summed E-state index contributed by atoms with van der Waals surface area (Å²) in [5.41, 5.74) is 0. The number of phosphoric ester groups is 1. The molecule has 3 atom stereocenters. The number of phosphoric acid groups is 1. The molecule has 0 aromatic carbocycles. The molecule has 2 N–H and O–H groups in total. The molecular formula is C64H115O11P. The number of hydrogen-bond donors (Lipinski definition) is 2. The fourth-order valence-corrected chi connectivity index (χ4v) is 9.48. The van der Waals surface area contributed by atoms with Crippen molar-refractivity contribution in [2.45, 2.75) is 303 Å². The van der Waals surface area contributed by atoms with Gasteiger partial charge in [0.05, 0.1) is 19.8 Å². The number of aliphatic hydroxyl groups excluding tert-OH is 1. The molecule has 0 spiro atoms. The molecule has 12 heteroatoms. The van der Waals surface area contributed by atoms with Gasteiger partial charge in [-0.15, -0.1) is 0 Å². The summed E-state index contributed by atoms with van der Waals surface area (Å²) in [7, 11) is -4.75. The molecule has 0 aliphatic carbocycles. The zero-order valence-electron chi connectivity index (χ0n) is 49.0. The first-order valence-electron chi connectivity index (χ1n) is 31.2. The number of hydrogen-bond acceptors (Lipinski definition) is 10. The van der Waals surface area contributed by atoms with Gasteiger partial charge in [0.1, 0.15) is 12.7 Å². The third kappa shape index (κ3) is 55.9. The Morgan fingerprint density at radius 3 is 1.07 bits per heavy atom. The summed E-state index contributed by atoms with van der Waals surface area (Å²) in [6, 6.07) is 0. The Kier molecular flexibility index (Phi) is 56.2. The minimum Gasteiger partial charge on any atom is -0.462 e. The topological polar surface area (TPSA) is 155 Å². The van der Waals surface area contributed by atoms with Crippen molar-refractivity contribution in [3.8, 4) is 0 Å². The van der Waals surface area contributed by atoms with Crippen LogP contribution in [0.5, 0.6) is 0 Å². The molecule has 3 unspecified atom stereocenters. The van der Waals surface area contributed by atoms with Crippen LogP contribution in [-0.4, -0.2) is 66.5 Å². The Hall–Kier alpha value is -2.82. The largest absolute Gasteiger partial charge is 0.472 e. The number of carbonyl (C=O) groups excluding carboxylic acids is 3. The van der Waals surface area contributed by atoms with E-state index in [9.17, 15) is 28.9 Å². The maximum atomic E-state index is 12.9. The van der Waals surface area contributed by atoms with Gasteiger partial charge in [0.2, 0.25) is 0 Å². The van der Waals surface area contributed by atoms with E-state index in [1.165, 1.54) is 128 Å². The minimum atomic E-state index is -4.75. The van der Waals surface area contributed by atoms with Crippen LogP contribution >= 0.6 is 7.82 Å². The lowest BCUT2D eigenvalue weighted by Gasteiger charge is -2.21. The Morgan fingerprint density at radius 2 is 0.684 bits per heavy atom. The van der Waals surface area contributed by atoms with Crippen molar-refractivity contribution in [1.82, 2.24) is 0 Å². The Labute approximate surface area is 465 Å². The van der Waals surface area contributed by atoms with Crippen LogP contribution in [-0.2, 0) is 42.2 Å². The van der Waals surface area contributed by atoms with Crippen LogP contribution in [0, 0.1) is 0 Å². The Balaban J connectivity index is 4.71. The summed E-state index contributed by atoms with van der Waals surface area (Å²) in [6.45, 7) is 4.54. The predicted octanol–water partition coefficient (Wildman–Crippen LogP) is 18.7. The molecule has 0 aromatic heterocycles. The van der Waals surface area contributed by atoms with Crippen LogP contribution in [0.15, 0.2) is 60.8 Å². The fourth-order valence-electron chi connectivity index (χ4n) is 8.70. The lowest BCUT2D eigenvalue weighted by atomic mass is 10.1. The summed E-state index contributed by atoms with van der Waals surface area (Å²) in [5.74, 6) is -1.47. The van der Waals surface area contributed by atoms with Crippen molar-refractivity contribution in [3.63, 3.8) is 0 Å². The first kappa shape index (κ1) is 73.2. The number of ether oxygens (including phenoxy) is 3. The monoisotopic (exact) mass is 1090 g/mol. The number of carbonyl (C=O) groups is 3. The predicted molar refractivity (Wildman–Crippen MR) is 316 cm³/mol. The van der Waals surface area contributed by atoms with Crippen LogP contribution < -0.4 is 0 Å². The standard InChI is InChI=1S/C64H115O11P/c1-4-7-10-13-16-19-22-24-26-28-30-32-34-36-39-41-44-47-50-53-62(66)71-57-61(75-64(68)55-52-49-46-43-40-37-35-33-31-29-27-25-23-20-17-14-11-8-5-2)59-73-76(69,70)72-58-60(56-65)74-63(67)54-51-48-45-42-38-21-18-15-12-9-6-3/h7,10,16,19,24-27,30,32,60-61,65H,4-6,8-9,11-15,17-18,20-23,28-29,31,33-59H2,1-3H3,(H,69,70)/b10-7-,19-16-,26-24-,27-25-,32-30-. The summed E-state index contributed by atoms with van der Waals surface area (Å²) < 4.78 is 39.6. The van der Waals surface area contributed by atoms with Crippen LogP contribution in [0.2, 0.25) is 0 Å². The van der Waals surface area contributed by atoms with Crippen LogP contribution in [0.1, 0.15) is 290 Å². The van der Waals surface area contributed by atoms with Gasteiger partial charge in [0.25, 0.3) is 0 Å². The number of unbranched alkanes of at least 4 members (excludes halogenated alkanes) is 31. The van der Waals surface area contributed by atoms with Gasteiger partial charge in [-0.2, -0.15) is 0 Å². The van der Waals surface area contributed by atoms with Gasteiger partial charge in [0.15, 0.2) is 6.10 Å². The minimum absolute atomic E-state index is 0.163. The molecule has 0 aromatic rings. The smallest absolute Gasteiger partial charge is 0.462 e. The van der Waals surface area contributed by atoms with Gasteiger partial charge < -0.3 is 24.2 Å². The maximum absolute atomic E-state index is 12.9. The van der Waals surface area contributed by atoms with E-state index < -0.39 is 57.8 Å². The van der Waals surface area contributed by atoms with E-state index in [4.69, 9.17) is 23.3 Å². The maximum Gasteiger partial charge on any atom is 0.472 e. The quantitative estimate of drug-likeness (QED) is 0.0197. The van der Waals surface area contributed by atoms with Gasteiger partial charge in [-0.1, -0.05) is 248 Å². The highest BCUT2D eigenvalue weighted by molar-refractivity contribution is 7.47. The first-order valence-corrected chi connectivity index (χ1v) is 32.7. The van der Waals surface area contributed by atoms with E-state index >= 15 is 0 Å². The van der Waals surface area contributed by atoms with E-state index in [0.717, 1.165) is 103 Å². The molecule has 0 aliphatic heterocycles. The normalized spacial score (nSPS) is 13.7. The molecule has 0 saturated heterocycles. The summed E-state index contributed by atoms with van der Waals surface area (Å²) in [4.78, 5) is 48.6. The van der Waals surface area contributed by atoms with Crippen molar-refractivity contribution in [2.24, 2.45) is 0 Å². The Bertz CT molecular complexity index is 1510. The SMILES string of the molecule is CC/C=C\C/C=C\C/C=C\C/C=C\CCCCCCCCC(=O)OCC(COP(=O)(O)OCC(CO)OC(=O)CCCCCCCCCCCCC)OC(=O)CCCCCCCCCCC/C=C\CCCCCCCC. The lowest BCUT2D eigenvalue weighted by Crippen LogP contribution is -2.30. The number of allylic oxidation sites excluding steroid dienone is 10. The molecule has 0 bridgehead atoms. The van der Waals surface area contributed by atoms with Crippen molar-refractivity contribution < 1.29 is 52.2 Å². The van der Waals surface area contributed by atoms with Crippen molar-refractivity contribution >= 4 is 25.7 Å². The van der Waals surface area contributed by atoms with Crippen LogP contribution in [0.25, 0.3) is 0 Å². The van der Waals surface area contributed by atoms with Crippen molar-refractivity contribution in [2.75, 3.05) is 26.4 Å². The molecule has 76 heavy (non-hydrogen) atoms. The molecule has 0 fully saturated rings. The second kappa shape index (κ2) is 58.3. The molecule has 11 nitrogen and oxygen atoms in total. The number of rotatable bonds is 58. The zero-order valence-corrected chi connectivity index (χ0v) is 49.9. The molecule has 0 saturated carbocycles. The number of aliphatic hydroxyl groups is 1. The van der Waals surface area contributed by atoms with E-state index in [1.54, 1.807) is 0 Å². The van der Waals surface area contributed by atoms with Gasteiger partial charge >= 0.3 is 25.7 Å². The van der Waals surface area contributed by atoms with E-state index in [-0.39, 0.29) is 25.9 Å². The molecule has 0 amide bonds. The molecule has 0 heterocycles. The van der Waals surface area contributed by atoms with E-state index in [1.807, 2.05) is 0 Å². The Morgan fingerprint density at radius 1 is 0.382 bits per heavy atom.